The maximum absolute atomic E-state index is 12.6. The van der Waals surface area contributed by atoms with Gasteiger partial charge in [0.2, 0.25) is 0 Å². The highest BCUT2D eigenvalue weighted by Crippen LogP contribution is 2.34. The third-order valence-corrected chi connectivity index (χ3v) is 6.62. The van der Waals surface area contributed by atoms with Crippen LogP contribution >= 0.6 is 38.5 Å². The summed E-state index contributed by atoms with van der Waals surface area (Å²) in [5.74, 6) is 0.229. The van der Waals surface area contributed by atoms with E-state index in [1.807, 2.05) is 19.1 Å². The number of nitrogens with zero attached hydrogens (tertiary/aromatic N) is 1. The summed E-state index contributed by atoms with van der Waals surface area (Å²) in [5, 5.41) is 9.34. The summed E-state index contributed by atoms with van der Waals surface area (Å²) in [4.78, 5) is 37.1. The predicted molar refractivity (Wildman–Crippen MR) is 156 cm³/mol. The van der Waals surface area contributed by atoms with Crippen molar-refractivity contribution in [2.45, 2.75) is 26.8 Å². The Morgan fingerprint density at radius 1 is 1.15 bits per heavy atom. The fourth-order valence-electron chi connectivity index (χ4n) is 3.73. The first kappa shape index (κ1) is 30.2. The number of nitrogens with one attached hydrogen (secondary N) is 3. The second kappa shape index (κ2) is 14.2. The van der Waals surface area contributed by atoms with E-state index in [0.717, 1.165) is 8.04 Å². The quantitative estimate of drug-likeness (QED) is 0.138. The molecule has 0 saturated carbocycles. The zero-order valence-electron chi connectivity index (χ0n) is 21.7. The van der Waals surface area contributed by atoms with Gasteiger partial charge in [0.1, 0.15) is 5.75 Å². The molecule has 1 heterocycles. The fraction of sp³-hybridized carbons (Fsp3) is 0.308. The van der Waals surface area contributed by atoms with Crippen LogP contribution in [0.4, 0.5) is 4.79 Å². The molecule has 0 saturated heterocycles. The van der Waals surface area contributed by atoms with E-state index in [9.17, 15) is 14.4 Å². The third-order valence-electron chi connectivity index (χ3n) is 5.36. The molecule has 39 heavy (non-hydrogen) atoms. The summed E-state index contributed by atoms with van der Waals surface area (Å²) < 4.78 is 23.7. The zero-order chi connectivity index (χ0) is 28.5. The maximum Gasteiger partial charge on any atom is 0.338 e. The molecule has 0 radical (unpaired) electrons. The third kappa shape index (κ3) is 7.85. The van der Waals surface area contributed by atoms with Crippen molar-refractivity contribution >= 4 is 62.6 Å². The van der Waals surface area contributed by atoms with E-state index in [2.05, 4.69) is 59.7 Å². The number of allylic oxidation sites excluding steroid dienone is 1. The molecule has 1 aliphatic rings. The van der Waals surface area contributed by atoms with Gasteiger partial charge >= 0.3 is 12.0 Å². The van der Waals surface area contributed by atoms with Gasteiger partial charge in [-0.2, -0.15) is 5.10 Å². The van der Waals surface area contributed by atoms with Crippen molar-refractivity contribution in [1.29, 1.82) is 0 Å². The van der Waals surface area contributed by atoms with E-state index in [4.69, 9.17) is 18.9 Å². The van der Waals surface area contributed by atoms with Gasteiger partial charge in [-0.15, -0.1) is 0 Å². The minimum atomic E-state index is -0.763. The summed E-state index contributed by atoms with van der Waals surface area (Å²) in [6.07, 6.45) is 1.50. The molecule has 0 unspecified atom stereocenters. The molecule has 3 amide bonds. The Labute approximate surface area is 247 Å². The SMILES string of the molecule is CCOC(=O)C1=C(C)NC(=O)N[C@@H]1c1ccc(OCC(=O)N/N=C/c2cc(Br)cc(I)c2OCC)c(OC)c1. The number of hydrogen-bond donors (Lipinski definition) is 3. The molecule has 0 bridgehead atoms. The number of ether oxygens (including phenoxy) is 4. The molecule has 2 aromatic rings. The lowest BCUT2D eigenvalue weighted by Crippen LogP contribution is -2.45. The van der Waals surface area contributed by atoms with Crippen LogP contribution in [0.3, 0.4) is 0 Å². The number of carbonyl (C=O) groups is 3. The second-order valence-electron chi connectivity index (χ2n) is 8.02. The van der Waals surface area contributed by atoms with E-state index in [1.165, 1.54) is 13.3 Å². The average molecular weight is 715 g/mol. The van der Waals surface area contributed by atoms with Crippen LogP contribution in [0.25, 0.3) is 0 Å². The summed E-state index contributed by atoms with van der Waals surface area (Å²) in [7, 11) is 1.44. The number of esters is 1. The Morgan fingerprint density at radius 2 is 1.92 bits per heavy atom. The predicted octanol–water partition coefficient (Wildman–Crippen LogP) is 4.18. The number of amides is 3. The van der Waals surface area contributed by atoms with Crippen LogP contribution in [0.15, 0.2) is 51.2 Å². The van der Waals surface area contributed by atoms with Crippen molar-refractivity contribution in [3.05, 3.63) is 60.8 Å². The van der Waals surface area contributed by atoms with Gasteiger partial charge in [0, 0.05) is 15.7 Å². The Hall–Kier alpha value is -3.33. The van der Waals surface area contributed by atoms with E-state index in [0.29, 0.717) is 40.7 Å². The highest BCUT2D eigenvalue weighted by Gasteiger charge is 2.32. The summed E-state index contributed by atoms with van der Waals surface area (Å²) in [6, 6.07) is 7.42. The number of hydrogen-bond acceptors (Lipinski definition) is 8. The monoisotopic (exact) mass is 714 g/mol. The largest absolute Gasteiger partial charge is 0.493 e. The smallest absolute Gasteiger partial charge is 0.338 e. The number of methoxy groups -OCH3 is 1. The van der Waals surface area contributed by atoms with Gasteiger partial charge in [0.25, 0.3) is 5.91 Å². The number of halogens is 2. The van der Waals surface area contributed by atoms with Gasteiger partial charge < -0.3 is 29.6 Å². The minimum Gasteiger partial charge on any atom is -0.493 e. The van der Waals surface area contributed by atoms with Crippen molar-refractivity contribution in [3.8, 4) is 17.2 Å². The van der Waals surface area contributed by atoms with Crippen molar-refractivity contribution in [1.82, 2.24) is 16.1 Å². The van der Waals surface area contributed by atoms with Gasteiger partial charge in [-0.1, -0.05) is 22.0 Å². The average Bonchev–Trinajstić information content (AvgIpc) is 2.88. The number of rotatable bonds is 11. The van der Waals surface area contributed by atoms with Gasteiger partial charge in [-0.05, 0) is 73.2 Å². The van der Waals surface area contributed by atoms with Crippen LogP contribution in [0.5, 0.6) is 17.2 Å². The molecular formula is C26H28BrIN4O7. The molecule has 1 aliphatic heterocycles. The molecule has 0 aromatic heterocycles. The van der Waals surface area contributed by atoms with Crippen LogP contribution in [0.1, 0.15) is 37.9 Å². The van der Waals surface area contributed by atoms with Gasteiger partial charge in [-0.25, -0.2) is 15.0 Å². The molecular weight excluding hydrogens is 687 g/mol. The highest BCUT2D eigenvalue weighted by molar-refractivity contribution is 14.1. The van der Waals surface area contributed by atoms with Crippen LogP contribution in [0.2, 0.25) is 0 Å². The molecule has 3 N–H and O–H groups in total. The van der Waals surface area contributed by atoms with Crippen molar-refractivity contribution in [2.75, 3.05) is 26.9 Å². The molecule has 11 nitrogen and oxygen atoms in total. The maximum atomic E-state index is 12.6. The lowest BCUT2D eigenvalue weighted by Gasteiger charge is -2.28. The number of benzene rings is 2. The molecule has 13 heteroatoms. The van der Waals surface area contributed by atoms with Crippen LogP contribution in [0, 0.1) is 3.57 Å². The van der Waals surface area contributed by atoms with Crippen molar-refractivity contribution in [3.63, 3.8) is 0 Å². The van der Waals surface area contributed by atoms with Crippen LogP contribution in [-0.4, -0.2) is 51.1 Å². The standard InChI is InChI=1S/C26H28BrIN4O7/c1-5-37-24-16(9-17(27)11-18(24)28)12-29-32-21(33)13-39-19-8-7-15(10-20(19)36-4)23-22(25(34)38-6-2)14(3)30-26(35)31-23/h7-12,23H,5-6,13H2,1-4H3,(H,32,33)(H2,30,31,35)/b29-12+/t23-/m1/s1. The van der Waals surface area contributed by atoms with Gasteiger partial charge in [0.05, 0.1) is 41.7 Å². The van der Waals surface area contributed by atoms with E-state index in [-0.39, 0.29) is 18.8 Å². The number of carbonyl (C=O) groups excluding carboxylic acids is 3. The molecule has 2 aromatic carbocycles. The topological polar surface area (TPSA) is 137 Å². The summed E-state index contributed by atoms with van der Waals surface area (Å²) >= 11 is 5.61. The highest BCUT2D eigenvalue weighted by atomic mass is 127. The van der Waals surface area contributed by atoms with Crippen molar-refractivity contribution in [2.24, 2.45) is 5.10 Å². The first-order valence-corrected chi connectivity index (χ1v) is 13.7. The molecule has 0 aliphatic carbocycles. The first-order chi connectivity index (χ1) is 18.7. The summed E-state index contributed by atoms with van der Waals surface area (Å²) in [6.45, 7) is 5.56. The Bertz CT molecular complexity index is 1320. The minimum absolute atomic E-state index is 0.189. The normalized spacial score (nSPS) is 14.9. The lowest BCUT2D eigenvalue weighted by molar-refractivity contribution is -0.139. The van der Waals surface area contributed by atoms with Gasteiger partial charge in [-0.3, -0.25) is 4.79 Å². The Morgan fingerprint density at radius 3 is 2.62 bits per heavy atom. The summed E-state index contributed by atoms with van der Waals surface area (Å²) in [5.41, 5.74) is 4.37. The molecule has 3 rings (SSSR count). The van der Waals surface area contributed by atoms with E-state index < -0.39 is 23.9 Å². The van der Waals surface area contributed by atoms with Crippen LogP contribution < -0.4 is 30.3 Å². The lowest BCUT2D eigenvalue weighted by atomic mass is 9.95. The number of hydrazone groups is 1. The Balaban J connectivity index is 1.70. The van der Waals surface area contributed by atoms with E-state index >= 15 is 0 Å². The zero-order valence-corrected chi connectivity index (χ0v) is 25.5. The van der Waals surface area contributed by atoms with E-state index in [1.54, 1.807) is 32.0 Å². The molecule has 0 fully saturated rings. The molecule has 1 atom stereocenters. The van der Waals surface area contributed by atoms with Crippen molar-refractivity contribution < 1.29 is 33.3 Å². The molecule has 0 spiro atoms. The molecule has 208 valence electrons. The first-order valence-electron chi connectivity index (χ1n) is 11.9. The number of urea groups is 1. The second-order valence-corrected chi connectivity index (χ2v) is 10.1. The van der Waals surface area contributed by atoms with Crippen LogP contribution in [-0.2, 0) is 14.3 Å². The fourth-order valence-corrected chi connectivity index (χ4v) is 5.43. The van der Waals surface area contributed by atoms with Gasteiger partial charge in [0.15, 0.2) is 18.1 Å². The Kier molecular flexibility index (Phi) is 11.0.